The zero-order chi connectivity index (χ0) is 13.8. The monoisotopic (exact) mass is 256 g/mol. The van der Waals surface area contributed by atoms with E-state index in [-0.39, 0.29) is 24.7 Å². The number of aliphatic carboxylic acids is 1. The van der Waals surface area contributed by atoms with Crippen molar-refractivity contribution in [3.63, 3.8) is 0 Å². The Labute approximate surface area is 106 Å². The summed E-state index contributed by atoms with van der Waals surface area (Å²) in [6, 6.07) is -0.480. The van der Waals surface area contributed by atoms with Crippen LogP contribution in [0.4, 0.5) is 0 Å². The van der Waals surface area contributed by atoms with E-state index in [4.69, 9.17) is 5.11 Å². The van der Waals surface area contributed by atoms with E-state index in [9.17, 15) is 14.4 Å². The normalized spacial score (nSPS) is 20.1. The maximum Gasteiger partial charge on any atom is 0.303 e. The molecule has 102 valence electrons. The van der Waals surface area contributed by atoms with Crippen LogP contribution in [0.5, 0.6) is 0 Å². The molecule has 0 bridgehead atoms. The van der Waals surface area contributed by atoms with E-state index >= 15 is 0 Å². The number of carbonyl (C=O) groups excluding carboxylic acids is 2. The van der Waals surface area contributed by atoms with Crippen LogP contribution in [0.15, 0.2) is 0 Å². The lowest BCUT2D eigenvalue weighted by Crippen LogP contribution is -2.50. The fourth-order valence-corrected chi connectivity index (χ4v) is 2.06. The Morgan fingerprint density at radius 3 is 2.67 bits per heavy atom. The Morgan fingerprint density at radius 2 is 2.11 bits per heavy atom. The molecule has 1 rings (SSSR count). The smallest absolute Gasteiger partial charge is 0.303 e. The van der Waals surface area contributed by atoms with Crippen LogP contribution in [0.2, 0.25) is 0 Å². The van der Waals surface area contributed by atoms with Gasteiger partial charge in [-0.3, -0.25) is 14.4 Å². The lowest BCUT2D eigenvalue weighted by atomic mass is 9.85. The van der Waals surface area contributed by atoms with Crippen LogP contribution in [-0.2, 0) is 14.4 Å². The minimum atomic E-state index is -0.928. The van der Waals surface area contributed by atoms with Gasteiger partial charge in [0.05, 0.1) is 6.42 Å². The number of piperidine rings is 1. The number of carboxylic acids is 1. The van der Waals surface area contributed by atoms with Crippen molar-refractivity contribution in [2.24, 2.45) is 5.41 Å². The number of hydrogen-bond donors (Lipinski definition) is 3. The first-order chi connectivity index (χ1) is 8.30. The van der Waals surface area contributed by atoms with Crippen LogP contribution in [0.3, 0.4) is 0 Å². The molecule has 0 aromatic carbocycles. The average molecular weight is 256 g/mol. The molecule has 2 amide bonds. The second-order valence-corrected chi connectivity index (χ2v) is 5.46. The third kappa shape index (κ3) is 4.73. The highest BCUT2D eigenvalue weighted by atomic mass is 16.4. The number of carbonyl (C=O) groups is 3. The topological polar surface area (TPSA) is 95.5 Å². The molecule has 1 heterocycles. The highest BCUT2D eigenvalue weighted by Gasteiger charge is 2.28. The summed E-state index contributed by atoms with van der Waals surface area (Å²) in [5.41, 5.74) is -0.610. The summed E-state index contributed by atoms with van der Waals surface area (Å²) < 4.78 is 0. The Kier molecular flexibility index (Phi) is 4.69. The molecular weight excluding hydrogens is 236 g/mol. The van der Waals surface area contributed by atoms with Crippen molar-refractivity contribution >= 4 is 17.8 Å². The molecule has 18 heavy (non-hydrogen) atoms. The molecule has 1 fully saturated rings. The molecular formula is C12H20N2O4. The maximum absolute atomic E-state index is 11.8. The van der Waals surface area contributed by atoms with Gasteiger partial charge < -0.3 is 15.7 Å². The summed E-state index contributed by atoms with van der Waals surface area (Å²) in [6.45, 7) is 4.10. The minimum absolute atomic E-state index is 0.0721. The van der Waals surface area contributed by atoms with Crippen molar-refractivity contribution in [3.8, 4) is 0 Å². The summed E-state index contributed by atoms with van der Waals surface area (Å²) in [4.78, 5) is 33.9. The predicted molar refractivity (Wildman–Crippen MR) is 64.8 cm³/mol. The molecule has 1 atom stereocenters. The van der Waals surface area contributed by atoms with Gasteiger partial charge in [-0.2, -0.15) is 0 Å². The van der Waals surface area contributed by atoms with Gasteiger partial charge >= 0.3 is 5.97 Å². The molecule has 1 aliphatic heterocycles. The number of carboxylic acid groups (broad SMARTS) is 1. The predicted octanol–water partition coefficient (Wildman–Crippen LogP) is 0.272. The zero-order valence-corrected chi connectivity index (χ0v) is 10.8. The third-order valence-electron chi connectivity index (χ3n) is 2.89. The summed E-state index contributed by atoms with van der Waals surface area (Å²) in [5, 5.41) is 14.1. The van der Waals surface area contributed by atoms with Gasteiger partial charge in [0.1, 0.15) is 6.04 Å². The first-order valence-electron chi connectivity index (χ1n) is 6.09. The summed E-state index contributed by atoms with van der Waals surface area (Å²) in [7, 11) is 0. The van der Waals surface area contributed by atoms with Crippen molar-refractivity contribution in [1.29, 1.82) is 0 Å². The van der Waals surface area contributed by atoms with Crippen LogP contribution < -0.4 is 10.6 Å². The molecule has 0 aromatic rings. The molecule has 1 aliphatic rings. The van der Waals surface area contributed by atoms with E-state index in [0.717, 1.165) is 6.42 Å². The van der Waals surface area contributed by atoms with E-state index in [1.165, 1.54) is 0 Å². The number of amides is 2. The Balaban J connectivity index is 2.45. The standard InChI is InChI=1S/C12H20N2O4/c1-12(2,7-10(16)17)6-9(15)14-8-4-3-5-13-11(8)18/h8H,3-7H2,1-2H3,(H,13,18)(H,14,15)(H,16,17). The van der Waals surface area contributed by atoms with Crippen molar-refractivity contribution in [2.75, 3.05) is 6.54 Å². The number of nitrogens with one attached hydrogen (secondary N) is 2. The van der Waals surface area contributed by atoms with Crippen LogP contribution in [0.1, 0.15) is 39.5 Å². The van der Waals surface area contributed by atoms with Gasteiger partial charge in [0.25, 0.3) is 0 Å². The zero-order valence-electron chi connectivity index (χ0n) is 10.8. The first-order valence-corrected chi connectivity index (χ1v) is 6.09. The summed E-state index contributed by atoms with van der Waals surface area (Å²) in [5.74, 6) is -1.36. The minimum Gasteiger partial charge on any atom is -0.481 e. The van der Waals surface area contributed by atoms with Gasteiger partial charge in [0.15, 0.2) is 0 Å². The molecule has 0 radical (unpaired) electrons. The Morgan fingerprint density at radius 1 is 1.44 bits per heavy atom. The van der Waals surface area contributed by atoms with Crippen molar-refractivity contribution in [1.82, 2.24) is 10.6 Å². The quantitative estimate of drug-likeness (QED) is 0.658. The maximum atomic E-state index is 11.8. The molecule has 0 aliphatic carbocycles. The van der Waals surface area contributed by atoms with Gasteiger partial charge in [-0.25, -0.2) is 0 Å². The second-order valence-electron chi connectivity index (χ2n) is 5.46. The van der Waals surface area contributed by atoms with Crippen LogP contribution >= 0.6 is 0 Å². The first kappa shape index (κ1) is 14.5. The molecule has 0 aromatic heterocycles. The van der Waals surface area contributed by atoms with E-state index in [2.05, 4.69) is 10.6 Å². The SMILES string of the molecule is CC(C)(CC(=O)O)CC(=O)NC1CCCNC1=O. The van der Waals surface area contributed by atoms with Crippen LogP contribution in [0.25, 0.3) is 0 Å². The van der Waals surface area contributed by atoms with Crippen LogP contribution in [-0.4, -0.2) is 35.5 Å². The van der Waals surface area contributed by atoms with E-state index in [0.29, 0.717) is 13.0 Å². The summed E-state index contributed by atoms with van der Waals surface area (Å²) in [6.07, 6.45) is 1.51. The number of rotatable bonds is 5. The highest BCUT2D eigenvalue weighted by molar-refractivity contribution is 5.88. The lowest BCUT2D eigenvalue weighted by molar-refractivity contribution is -0.140. The molecule has 0 saturated carbocycles. The van der Waals surface area contributed by atoms with E-state index in [1.807, 2.05) is 0 Å². The van der Waals surface area contributed by atoms with Gasteiger partial charge in [-0.15, -0.1) is 0 Å². The van der Waals surface area contributed by atoms with Gasteiger partial charge in [0.2, 0.25) is 11.8 Å². The van der Waals surface area contributed by atoms with Crippen LogP contribution in [0, 0.1) is 5.41 Å². The molecule has 6 nitrogen and oxygen atoms in total. The molecule has 6 heteroatoms. The number of hydrogen-bond acceptors (Lipinski definition) is 3. The van der Waals surface area contributed by atoms with Crippen molar-refractivity contribution in [3.05, 3.63) is 0 Å². The highest BCUT2D eigenvalue weighted by Crippen LogP contribution is 2.24. The third-order valence-corrected chi connectivity index (χ3v) is 2.89. The van der Waals surface area contributed by atoms with Crippen molar-refractivity contribution < 1.29 is 19.5 Å². The molecule has 3 N–H and O–H groups in total. The van der Waals surface area contributed by atoms with E-state index in [1.54, 1.807) is 13.8 Å². The van der Waals surface area contributed by atoms with Crippen molar-refractivity contribution in [2.45, 2.75) is 45.6 Å². The fraction of sp³-hybridized carbons (Fsp3) is 0.750. The van der Waals surface area contributed by atoms with Gasteiger partial charge in [0, 0.05) is 13.0 Å². The average Bonchev–Trinajstić information content (AvgIpc) is 2.18. The molecule has 1 saturated heterocycles. The molecule has 0 spiro atoms. The summed E-state index contributed by atoms with van der Waals surface area (Å²) >= 11 is 0. The Hall–Kier alpha value is -1.59. The Bertz CT molecular complexity index is 352. The molecule has 1 unspecified atom stereocenters. The fourth-order valence-electron chi connectivity index (χ4n) is 2.06. The van der Waals surface area contributed by atoms with E-state index < -0.39 is 17.4 Å². The largest absolute Gasteiger partial charge is 0.481 e. The lowest BCUT2D eigenvalue weighted by Gasteiger charge is -2.26. The second kappa shape index (κ2) is 5.84. The van der Waals surface area contributed by atoms with Gasteiger partial charge in [-0.05, 0) is 18.3 Å². The van der Waals surface area contributed by atoms with Gasteiger partial charge in [-0.1, -0.05) is 13.8 Å².